The maximum atomic E-state index is 11.7. The SMILES string of the molecule is CCCCCCN1CCN(CC(=O)CCCC)CC1. The second-order valence-corrected chi connectivity index (χ2v) is 5.82. The van der Waals surface area contributed by atoms with Crippen molar-refractivity contribution in [1.82, 2.24) is 9.80 Å². The van der Waals surface area contributed by atoms with Crippen LogP contribution in [0.5, 0.6) is 0 Å². The van der Waals surface area contributed by atoms with E-state index in [1.807, 2.05) is 0 Å². The summed E-state index contributed by atoms with van der Waals surface area (Å²) in [5, 5.41) is 0. The summed E-state index contributed by atoms with van der Waals surface area (Å²) in [7, 11) is 0. The molecule has 0 N–H and O–H groups in total. The van der Waals surface area contributed by atoms with E-state index < -0.39 is 0 Å². The lowest BCUT2D eigenvalue weighted by Crippen LogP contribution is -2.48. The van der Waals surface area contributed by atoms with Gasteiger partial charge in [0.15, 0.2) is 0 Å². The Morgan fingerprint density at radius 1 is 0.842 bits per heavy atom. The van der Waals surface area contributed by atoms with E-state index in [0.29, 0.717) is 12.3 Å². The van der Waals surface area contributed by atoms with Crippen molar-refractivity contribution < 1.29 is 4.79 Å². The van der Waals surface area contributed by atoms with Crippen molar-refractivity contribution in [3.05, 3.63) is 0 Å². The van der Waals surface area contributed by atoms with Crippen LogP contribution in [0.25, 0.3) is 0 Å². The summed E-state index contributed by atoms with van der Waals surface area (Å²) >= 11 is 0. The van der Waals surface area contributed by atoms with E-state index in [2.05, 4.69) is 23.6 Å². The highest BCUT2D eigenvalue weighted by atomic mass is 16.1. The molecule has 0 spiro atoms. The van der Waals surface area contributed by atoms with Gasteiger partial charge in [0, 0.05) is 32.6 Å². The third-order valence-electron chi connectivity index (χ3n) is 4.00. The third kappa shape index (κ3) is 7.68. The number of hydrogen-bond acceptors (Lipinski definition) is 3. The zero-order valence-corrected chi connectivity index (χ0v) is 13.0. The molecular weight excluding hydrogens is 236 g/mol. The number of unbranched alkanes of at least 4 members (excludes halogenated alkanes) is 4. The highest BCUT2D eigenvalue weighted by Crippen LogP contribution is 2.06. The molecule has 0 unspecified atom stereocenters. The van der Waals surface area contributed by atoms with E-state index in [0.717, 1.165) is 45.4 Å². The first kappa shape index (κ1) is 16.6. The van der Waals surface area contributed by atoms with Crippen LogP contribution in [0.1, 0.15) is 58.8 Å². The van der Waals surface area contributed by atoms with Gasteiger partial charge in [0.1, 0.15) is 5.78 Å². The molecule has 1 heterocycles. The monoisotopic (exact) mass is 268 g/mol. The van der Waals surface area contributed by atoms with Crippen molar-refractivity contribution in [1.29, 1.82) is 0 Å². The topological polar surface area (TPSA) is 23.6 Å². The first-order valence-corrected chi connectivity index (χ1v) is 8.22. The zero-order valence-electron chi connectivity index (χ0n) is 13.0. The van der Waals surface area contributed by atoms with Gasteiger partial charge in [0.25, 0.3) is 0 Å². The Kier molecular flexibility index (Phi) is 9.10. The number of Topliss-reactive ketones (excluding diaryl/α,β-unsaturated/α-hetero) is 1. The largest absolute Gasteiger partial charge is 0.301 e. The Morgan fingerprint density at radius 3 is 2.11 bits per heavy atom. The summed E-state index contributed by atoms with van der Waals surface area (Å²) in [6, 6.07) is 0. The molecule has 1 saturated heterocycles. The molecule has 1 aliphatic rings. The minimum atomic E-state index is 0.429. The molecule has 0 aromatic carbocycles. The summed E-state index contributed by atoms with van der Waals surface area (Å²) in [6.07, 6.45) is 8.33. The fraction of sp³-hybridized carbons (Fsp3) is 0.938. The molecule has 1 fully saturated rings. The highest BCUT2D eigenvalue weighted by molar-refractivity contribution is 5.80. The lowest BCUT2D eigenvalue weighted by Gasteiger charge is -2.34. The molecule has 0 aromatic rings. The lowest BCUT2D eigenvalue weighted by atomic mass is 10.1. The van der Waals surface area contributed by atoms with Gasteiger partial charge < -0.3 is 4.90 Å². The zero-order chi connectivity index (χ0) is 13.9. The van der Waals surface area contributed by atoms with E-state index in [-0.39, 0.29) is 0 Å². The summed E-state index contributed by atoms with van der Waals surface area (Å²) in [5.74, 6) is 0.429. The van der Waals surface area contributed by atoms with E-state index in [9.17, 15) is 4.79 Å². The first-order valence-electron chi connectivity index (χ1n) is 8.22. The second-order valence-electron chi connectivity index (χ2n) is 5.82. The normalized spacial score (nSPS) is 17.8. The third-order valence-corrected chi connectivity index (χ3v) is 4.00. The van der Waals surface area contributed by atoms with Gasteiger partial charge in [-0.3, -0.25) is 9.69 Å². The number of ketones is 1. The molecule has 0 atom stereocenters. The van der Waals surface area contributed by atoms with Crippen LogP contribution in [0.15, 0.2) is 0 Å². The van der Waals surface area contributed by atoms with Gasteiger partial charge >= 0.3 is 0 Å². The maximum Gasteiger partial charge on any atom is 0.146 e. The second kappa shape index (κ2) is 10.4. The van der Waals surface area contributed by atoms with Crippen LogP contribution >= 0.6 is 0 Å². The maximum absolute atomic E-state index is 11.7. The van der Waals surface area contributed by atoms with Crippen molar-refractivity contribution in [3.8, 4) is 0 Å². The summed E-state index contributed by atoms with van der Waals surface area (Å²) in [4.78, 5) is 16.6. The van der Waals surface area contributed by atoms with Crippen molar-refractivity contribution in [3.63, 3.8) is 0 Å². The average Bonchev–Trinajstić information content (AvgIpc) is 2.43. The standard InChI is InChI=1S/C16H32N2O/c1-3-5-7-8-10-17-11-13-18(14-12-17)15-16(19)9-6-4-2/h3-15H2,1-2H3. The minimum absolute atomic E-state index is 0.429. The van der Waals surface area contributed by atoms with Crippen LogP contribution in [-0.4, -0.2) is 54.9 Å². The number of carbonyl (C=O) groups is 1. The van der Waals surface area contributed by atoms with E-state index in [1.165, 1.54) is 32.2 Å². The molecule has 1 rings (SSSR count). The van der Waals surface area contributed by atoms with Crippen molar-refractivity contribution in [2.45, 2.75) is 58.8 Å². The van der Waals surface area contributed by atoms with Gasteiger partial charge in [-0.05, 0) is 19.4 Å². The number of hydrogen-bond donors (Lipinski definition) is 0. The van der Waals surface area contributed by atoms with Crippen molar-refractivity contribution in [2.24, 2.45) is 0 Å². The highest BCUT2D eigenvalue weighted by Gasteiger charge is 2.18. The van der Waals surface area contributed by atoms with Crippen molar-refractivity contribution >= 4 is 5.78 Å². The van der Waals surface area contributed by atoms with Crippen LogP contribution in [0.4, 0.5) is 0 Å². The van der Waals surface area contributed by atoms with Crippen molar-refractivity contribution in [2.75, 3.05) is 39.3 Å². The van der Waals surface area contributed by atoms with Gasteiger partial charge in [-0.1, -0.05) is 39.5 Å². The Morgan fingerprint density at radius 2 is 1.47 bits per heavy atom. The number of nitrogens with zero attached hydrogens (tertiary/aromatic N) is 2. The predicted molar refractivity (Wildman–Crippen MR) is 81.6 cm³/mol. The van der Waals surface area contributed by atoms with Gasteiger partial charge in [-0.2, -0.15) is 0 Å². The van der Waals surface area contributed by atoms with Gasteiger partial charge in [-0.25, -0.2) is 0 Å². The fourth-order valence-corrected chi connectivity index (χ4v) is 2.64. The number of rotatable bonds is 10. The smallest absolute Gasteiger partial charge is 0.146 e. The summed E-state index contributed by atoms with van der Waals surface area (Å²) < 4.78 is 0. The van der Waals surface area contributed by atoms with Crippen LogP contribution in [0.3, 0.4) is 0 Å². The molecule has 19 heavy (non-hydrogen) atoms. The minimum Gasteiger partial charge on any atom is -0.301 e. The van der Waals surface area contributed by atoms with E-state index in [1.54, 1.807) is 0 Å². The van der Waals surface area contributed by atoms with Gasteiger partial charge in [0.05, 0.1) is 6.54 Å². The summed E-state index contributed by atoms with van der Waals surface area (Å²) in [6.45, 7) is 10.8. The molecule has 112 valence electrons. The Balaban J connectivity index is 2.06. The molecule has 0 amide bonds. The van der Waals surface area contributed by atoms with Gasteiger partial charge in [-0.15, -0.1) is 0 Å². The van der Waals surface area contributed by atoms with E-state index >= 15 is 0 Å². The Bertz CT molecular complexity index is 235. The molecule has 3 nitrogen and oxygen atoms in total. The van der Waals surface area contributed by atoms with Crippen LogP contribution < -0.4 is 0 Å². The quantitative estimate of drug-likeness (QED) is 0.569. The summed E-state index contributed by atoms with van der Waals surface area (Å²) in [5.41, 5.74) is 0. The molecule has 0 bridgehead atoms. The van der Waals surface area contributed by atoms with Crippen LogP contribution in [0, 0.1) is 0 Å². The lowest BCUT2D eigenvalue weighted by molar-refractivity contribution is -0.120. The van der Waals surface area contributed by atoms with Gasteiger partial charge in [0.2, 0.25) is 0 Å². The first-order chi connectivity index (χ1) is 9.26. The Hall–Kier alpha value is -0.410. The number of piperazine rings is 1. The van der Waals surface area contributed by atoms with Crippen LogP contribution in [0.2, 0.25) is 0 Å². The molecule has 1 aliphatic heterocycles. The molecular formula is C16H32N2O. The Labute approximate surface area is 119 Å². The molecule has 0 saturated carbocycles. The predicted octanol–water partition coefficient (Wildman–Crippen LogP) is 2.94. The molecule has 0 aromatic heterocycles. The molecule has 0 aliphatic carbocycles. The number of carbonyl (C=O) groups excluding carboxylic acids is 1. The molecule has 0 radical (unpaired) electrons. The van der Waals surface area contributed by atoms with Crippen LogP contribution in [-0.2, 0) is 4.79 Å². The van der Waals surface area contributed by atoms with E-state index in [4.69, 9.17) is 0 Å². The average molecular weight is 268 g/mol. The fourth-order valence-electron chi connectivity index (χ4n) is 2.64. The molecule has 3 heteroatoms.